The van der Waals surface area contributed by atoms with Crippen LogP contribution in [0.25, 0.3) is 0 Å². The summed E-state index contributed by atoms with van der Waals surface area (Å²) in [6.45, 7) is 6.77. The van der Waals surface area contributed by atoms with Crippen LogP contribution < -0.4 is 4.90 Å². The Balaban J connectivity index is 2.00. The Kier molecular flexibility index (Phi) is 4.46. The molecule has 1 fully saturated rings. The molecule has 2 rings (SSSR count). The minimum Gasteiger partial charge on any atom is -0.396 e. The zero-order chi connectivity index (χ0) is 14.0. The fourth-order valence-corrected chi connectivity index (χ4v) is 3.42. The maximum absolute atomic E-state index is 9.19. The molecule has 19 heavy (non-hydrogen) atoms. The topological polar surface area (TPSA) is 49.2 Å². The molecule has 5 heteroatoms. The molecule has 1 N–H and O–H groups in total. The quantitative estimate of drug-likeness (QED) is 0.926. The summed E-state index contributed by atoms with van der Waals surface area (Å²) in [6, 6.07) is 0.545. The summed E-state index contributed by atoms with van der Waals surface area (Å²) in [4.78, 5) is 6.96. The van der Waals surface area contributed by atoms with Crippen molar-refractivity contribution in [2.75, 3.05) is 18.6 Å². The molecule has 1 aromatic rings. The monoisotopic (exact) mass is 283 g/mol. The van der Waals surface area contributed by atoms with Crippen LogP contribution in [0.5, 0.6) is 0 Å². The van der Waals surface area contributed by atoms with Gasteiger partial charge in [-0.3, -0.25) is 0 Å². The van der Waals surface area contributed by atoms with Gasteiger partial charge in [0.1, 0.15) is 5.82 Å². The first kappa shape index (κ1) is 14.7. The second kappa shape index (κ2) is 5.75. The first-order valence-electron chi connectivity index (χ1n) is 7.09. The molecule has 0 spiro atoms. The number of aliphatic hydroxyl groups is 1. The average molecular weight is 283 g/mol. The highest BCUT2D eigenvalue weighted by Crippen LogP contribution is 2.31. The second-order valence-corrected chi connectivity index (χ2v) is 7.35. The lowest BCUT2D eigenvalue weighted by Crippen LogP contribution is -2.35. The van der Waals surface area contributed by atoms with Crippen LogP contribution in [0.1, 0.15) is 52.3 Å². The van der Waals surface area contributed by atoms with Gasteiger partial charge in [0.05, 0.1) is 0 Å². The lowest BCUT2D eigenvalue weighted by atomic mass is 9.86. The molecule has 1 aliphatic carbocycles. The van der Waals surface area contributed by atoms with Crippen molar-refractivity contribution >= 4 is 16.7 Å². The van der Waals surface area contributed by atoms with E-state index in [9.17, 15) is 5.11 Å². The number of anilines is 1. The molecule has 0 saturated heterocycles. The summed E-state index contributed by atoms with van der Waals surface area (Å²) in [5.41, 5.74) is 0.0180. The third-order valence-corrected chi connectivity index (χ3v) is 4.82. The molecule has 0 bridgehead atoms. The van der Waals surface area contributed by atoms with Gasteiger partial charge in [-0.15, -0.1) is 0 Å². The predicted octanol–water partition coefficient (Wildman–Crippen LogP) is 2.82. The first-order valence-corrected chi connectivity index (χ1v) is 7.87. The average Bonchev–Trinajstić information content (AvgIpc) is 2.87. The number of rotatable bonds is 3. The summed E-state index contributed by atoms with van der Waals surface area (Å²) >= 11 is 1.50. The van der Waals surface area contributed by atoms with E-state index in [4.69, 9.17) is 0 Å². The SMILES string of the molecule is CN(c1nc(C(C)(C)C)ns1)C1CCC(CO)CC1. The van der Waals surface area contributed by atoms with Crippen LogP contribution in [-0.4, -0.2) is 34.2 Å². The highest BCUT2D eigenvalue weighted by Gasteiger charge is 2.27. The van der Waals surface area contributed by atoms with Gasteiger partial charge in [-0.25, -0.2) is 4.98 Å². The smallest absolute Gasteiger partial charge is 0.205 e. The highest BCUT2D eigenvalue weighted by molar-refractivity contribution is 7.09. The standard InChI is InChI=1S/C14H25N3OS/c1-14(2,3)12-15-13(19-16-12)17(4)11-7-5-10(9-18)6-8-11/h10-11,18H,5-9H2,1-4H3. The Morgan fingerprint density at radius 1 is 1.26 bits per heavy atom. The molecule has 0 aromatic carbocycles. The number of hydrogen-bond acceptors (Lipinski definition) is 5. The molecule has 0 radical (unpaired) electrons. The summed E-state index contributed by atoms with van der Waals surface area (Å²) in [5, 5.41) is 10.2. The van der Waals surface area contributed by atoms with Crippen LogP contribution in [0.15, 0.2) is 0 Å². The molecule has 0 amide bonds. The minimum atomic E-state index is 0.0180. The zero-order valence-electron chi connectivity index (χ0n) is 12.4. The largest absolute Gasteiger partial charge is 0.396 e. The van der Waals surface area contributed by atoms with E-state index in [1.165, 1.54) is 11.5 Å². The molecule has 4 nitrogen and oxygen atoms in total. The van der Waals surface area contributed by atoms with Gasteiger partial charge in [-0.05, 0) is 31.6 Å². The second-order valence-electron chi connectivity index (χ2n) is 6.62. The van der Waals surface area contributed by atoms with E-state index in [2.05, 4.69) is 42.1 Å². The van der Waals surface area contributed by atoms with Crippen LogP contribution in [0.2, 0.25) is 0 Å². The van der Waals surface area contributed by atoms with Crippen LogP contribution in [0.3, 0.4) is 0 Å². The van der Waals surface area contributed by atoms with E-state index in [1.807, 2.05) is 0 Å². The van der Waals surface area contributed by atoms with Crippen LogP contribution in [-0.2, 0) is 5.41 Å². The Bertz CT molecular complexity index is 405. The van der Waals surface area contributed by atoms with Gasteiger partial charge in [0.15, 0.2) is 0 Å². The van der Waals surface area contributed by atoms with Gasteiger partial charge in [0.25, 0.3) is 0 Å². The van der Waals surface area contributed by atoms with Gasteiger partial charge < -0.3 is 10.0 Å². The highest BCUT2D eigenvalue weighted by atomic mass is 32.1. The lowest BCUT2D eigenvalue weighted by Gasteiger charge is -2.33. The summed E-state index contributed by atoms with van der Waals surface area (Å²) in [7, 11) is 2.12. The third-order valence-electron chi connectivity index (χ3n) is 4.01. The summed E-state index contributed by atoms with van der Waals surface area (Å²) in [5.74, 6) is 1.44. The van der Waals surface area contributed by atoms with E-state index < -0.39 is 0 Å². The Labute approximate surface area is 120 Å². The zero-order valence-corrected chi connectivity index (χ0v) is 13.2. The van der Waals surface area contributed by atoms with E-state index in [1.54, 1.807) is 0 Å². The van der Waals surface area contributed by atoms with Crippen molar-refractivity contribution in [2.24, 2.45) is 5.92 Å². The lowest BCUT2D eigenvalue weighted by molar-refractivity contribution is 0.182. The maximum Gasteiger partial charge on any atom is 0.205 e. The summed E-state index contributed by atoms with van der Waals surface area (Å²) < 4.78 is 4.48. The van der Waals surface area contributed by atoms with E-state index >= 15 is 0 Å². The van der Waals surface area contributed by atoms with Gasteiger partial charge in [-0.2, -0.15) is 4.37 Å². The molecule has 1 heterocycles. The molecular formula is C14H25N3OS. The number of aromatic nitrogens is 2. The van der Waals surface area contributed by atoms with Gasteiger partial charge >= 0.3 is 0 Å². The molecule has 1 aliphatic rings. The van der Waals surface area contributed by atoms with Crippen molar-refractivity contribution in [3.8, 4) is 0 Å². The van der Waals surface area contributed by atoms with Gasteiger partial charge in [0.2, 0.25) is 5.13 Å². The number of hydrogen-bond donors (Lipinski definition) is 1. The van der Waals surface area contributed by atoms with Crippen molar-refractivity contribution in [1.82, 2.24) is 9.36 Å². The van der Waals surface area contributed by atoms with Crippen molar-refractivity contribution in [3.63, 3.8) is 0 Å². The fourth-order valence-electron chi connectivity index (χ4n) is 2.53. The fraction of sp³-hybridized carbons (Fsp3) is 0.857. The minimum absolute atomic E-state index is 0.0180. The Hall–Kier alpha value is -0.680. The summed E-state index contributed by atoms with van der Waals surface area (Å²) in [6.07, 6.45) is 4.53. The Morgan fingerprint density at radius 2 is 1.89 bits per heavy atom. The van der Waals surface area contributed by atoms with Crippen molar-refractivity contribution in [1.29, 1.82) is 0 Å². The number of nitrogens with zero attached hydrogens (tertiary/aromatic N) is 3. The molecular weight excluding hydrogens is 258 g/mol. The molecule has 1 aromatic heterocycles. The Morgan fingerprint density at radius 3 is 2.37 bits per heavy atom. The molecule has 108 valence electrons. The van der Waals surface area contributed by atoms with Crippen LogP contribution in [0.4, 0.5) is 5.13 Å². The molecule has 0 atom stereocenters. The molecule has 0 unspecified atom stereocenters. The molecule has 1 saturated carbocycles. The van der Waals surface area contributed by atoms with Crippen LogP contribution >= 0.6 is 11.5 Å². The predicted molar refractivity (Wildman–Crippen MR) is 79.8 cm³/mol. The van der Waals surface area contributed by atoms with E-state index in [-0.39, 0.29) is 5.41 Å². The van der Waals surface area contributed by atoms with E-state index in [0.29, 0.717) is 18.6 Å². The number of aliphatic hydroxyl groups excluding tert-OH is 1. The third kappa shape index (κ3) is 3.45. The van der Waals surface area contributed by atoms with E-state index in [0.717, 1.165) is 36.6 Å². The van der Waals surface area contributed by atoms with Crippen molar-refractivity contribution in [2.45, 2.75) is 57.9 Å². The maximum atomic E-state index is 9.19. The van der Waals surface area contributed by atoms with Gasteiger partial charge in [0, 0.05) is 36.6 Å². The van der Waals surface area contributed by atoms with Crippen LogP contribution in [0, 0.1) is 5.92 Å². The van der Waals surface area contributed by atoms with Crippen molar-refractivity contribution < 1.29 is 5.11 Å². The van der Waals surface area contributed by atoms with Gasteiger partial charge in [-0.1, -0.05) is 20.8 Å². The van der Waals surface area contributed by atoms with Crippen molar-refractivity contribution in [3.05, 3.63) is 5.82 Å². The molecule has 0 aliphatic heterocycles. The normalized spacial score (nSPS) is 24.5. The first-order chi connectivity index (χ1) is 8.91.